The quantitative estimate of drug-likeness (QED) is 0.546. The van der Waals surface area contributed by atoms with Gasteiger partial charge in [-0.05, 0) is 48.9 Å². The molecule has 1 amide bonds. The van der Waals surface area contributed by atoms with Crippen molar-refractivity contribution in [2.45, 2.75) is 44.2 Å². The van der Waals surface area contributed by atoms with E-state index in [1.807, 2.05) is 23.1 Å². The van der Waals surface area contributed by atoms with Crippen molar-refractivity contribution in [1.82, 2.24) is 24.6 Å². The van der Waals surface area contributed by atoms with Crippen LogP contribution in [0.1, 0.15) is 44.6 Å². The maximum atomic E-state index is 12.7. The Morgan fingerprint density at radius 3 is 2.60 bits per heavy atom. The second-order valence-electron chi connectivity index (χ2n) is 7.83. The molecule has 3 heterocycles. The van der Waals surface area contributed by atoms with Crippen LogP contribution < -0.4 is 0 Å². The number of benzene rings is 1. The fourth-order valence-electron chi connectivity index (χ4n) is 3.80. The number of thioether (sulfide) groups is 1. The summed E-state index contributed by atoms with van der Waals surface area (Å²) in [4.78, 5) is 18.9. The number of hydrogen-bond acceptors (Lipinski definition) is 5. The number of pyridine rings is 1. The number of nitrogens with zero attached hydrogens (tertiary/aromatic N) is 5. The standard InChI is InChI=1S/C23H27N5OS/c1-17(2)19-10-4-5-11-20(19)28-22(18-9-8-12-24-15-18)25-26-23(28)30-16-21(29)27-13-6-3-7-14-27/h4-5,8-12,15,17H,3,6-7,13-14,16H2,1-2H3. The zero-order valence-electron chi connectivity index (χ0n) is 17.5. The van der Waals surface area contributed by atoms with Gasteiger partial charge in [0.15, 0.2) is 11.0 Å². The molecule has 0 radical (unpaired) electrons. The van der Waals surface area contributed by atoms with Crippen LogP contribution in [0.4, 0.5) is 0 Å². The monoisotopic (exact) mass is 421 g/mol. The molecule has 0 spiro atoms. The van der Waals surface area contributed by atoms with Crippen LogP contribution in [0.25, 0.3) is 17.1 Å². The van der Waals surface area contributed by atoms with Gasteiger partial charge < -0.3 is 4.90 Å². The fraction of sp³-hybridized carbons (Fsp3) is 0.391. The number of rotatable bonds is 6. The lowest BCUT2D eigenvalue weighted by Gasteiger charge is -2.26. The Labute approximate surface area is 181 Å². The van der Waals surface area contributed by atoms with Crippen LogP contribution in [0.15, 0.2) is 53.9 Å². The molecule has 0 unspecified atom stereocenters. The van der Waals surface area contributed by atoms with Crippen molar-refractivity contribution in [3.05, 3.63) is 54.4 Å². The fourth-order valence-corrected chi connectivity index (χ4v) is 4.65. The van der Waals surface area contributed by atoms with E-state index in [-0.39, 0.29) is 5.91 Å². The van der Waals surface area contributed by atoms with Crippen LogP contribution in [-0.2, 0) is 4.79 Å². The minimum atomic E-state index is 0.175. The van der Waals surface area contributed by atoms with E-state index in [0.717, 1.165) is 48.2 Å². The molecular weight excluding hydrogens is 394 g/mol. The third-order valence-electron chi connectivity index (χ3n) is 5.39. The first-order chi connectivity index (χ1) is 14.6. The molecule has 7 heteroatoms. The molecule has 30 heavy (non-hydrogen) atoms. The third-order valence-corrected chi connectivity index (χ3v) is 6.30. The molecular formula is C23H27N5OS. The lowest BCUT2D eigenvalue weighted by molar-refractivity contribution is -0.129. The van der Waals surface area contributed by atoms with Gasteiger partial charge >= 0.3 is 0 Å². The Morgan fingerprint density at radius 1 is 1.07 bits per heavy atom. The van der Waals surface area contributed by atoms with E-state index in [0.29, 0.717) is 11.7 Å². The van der Waals surface area contributed by atoms with Gasteiger partial charge in [-0.25, -0.2) is 0 Å². The summed E-state index contributed by atoms with van der Waals surface area (Å²) in [5.41, 5.74) is 3.16. The van der Waals surface area contributed by atoms with E-state index in [1.165, 1.54) is 23.7 Å². The average molecular weight is 422 g/mol. The molecule has 3 aromatic rings. The largest absolute Gasteiger partial charge is 0.342 e. The van der Waals surface area contributed by atoms with Crippen molar-refractivity contribution >= 4 is 17.7 Å². The van der Waals surface area contributed by atoms with Crippen molar-refractivity contribution in [2.75, 3.05) is 18.8 Å². The summed E-state index contributed by atoms with van der Waals surface area (Å²) >= 11 is 1.46. The summed E-state index contributed by atoms with van der Waals surface area (Å²) in [7, 11) is 0. The Balaban J connectivity index is 1.69. The van der Waals surface area contributed by atoms with Gasteiger partial charge in [-0.2, -0.15) is 0 Å². The van der Waals surface area contributed by atoms with E-state index >= 15 is 0 Å². The second-order valence-corrected chi connectivity index (χ2v) is 8.77. The van der Waals surface area contributed by atoms with Gasteiger partial charge in [0, 0.05) is 31.0 Å². The molecule has 0 N–H and O–H groups in total. The highest BCUT2D eigenvalue weighted by atomic mass is 32.2. The van der Waals surface area contributed by atoms with E-state index in [4.69, 9.17) is 0 Å². The van der Waals surface area contributed by atoms with E-state index in [9.17, 15) is 4.79 Å². The molecule has 0 saturated carbocycles. The van der Waals surface area contributed by atoms with Crippen molar-refractivity contribution < 1.29 is 4.79 Å². The molecule has 6 nitrogen and oxygen atoms in total. The molecule has 1 aliphatic rings. The van der Waals surface area contributed by atoms with Gasteiger partial charge in [-0.15, -0.1) is 10.2 Å². The number of carbonyl (C=O) groups is 1. The number of aromatic nitrogens is 4. The molecule has 2 aromatic heterocycles. The zero-order chi connectivity index (χ0) is 20.9. The number of carbonyl (C=O) groups excluding carboxylic acids is 1. The molecule has 156 valence electrons. The van der Waals surface area contributed by atoms with E-state index in [2.05, 4.69) is 51.8 Å². The molecule has 4 rings (SSSR count). The molecule has 1 saturated heterocycles. The first-order valence-electron chi connectivity index (χ1n) is 10.5. The zero-order valence-corrected chi connectivity index (χ0v) is 18.3. The van der Waals surface area contributed by atoms with Crippen molar-refractivity contribution in [2.24, 2.45) is 0 Å². The van der Waals surface area contributed by atoms with Crippen LogP contribution in [0.5, 0.6) is 0 Å². The number of amides is 1. The normalized spacial score (nSPS) is 14.3. The van der Waals surface area contributed by atoms with Crippen molar-refractivity contribution in [3.8, 4) is 17.1 Å². The van der Waals surface area contributed by atoms with E-state index in [1.54, 1.807) is 12.4 Å². The lowest BCUT2D eigenvalue weighted by atomic mass is 10.0. The molecule has 1 aromatic carbocycles. The summed E-state index contributed by atoms with van der Waals surface area (Å²) in [6, 6.07) is 12.2. The maximum Gasteiger partial charge on any atom is 0.233 e. The average Bonchev–Trinajstić information content (AvgIpc) is 3.22. The minimum Gasteiger partial charge on any atom is -0.342 e. The summed E-state index contributed by atoms with van der Waals surface area (Å²) in [5.74, 6) is 1.63. The Morgan fingerprint density at radius 2 is 1.87 bits per heavy atom. The lowest BCUT2D eigenvalue weighted by Crippen LogP contribution is -2.36. The number of likely N-dealkylation sites (tertiary alicyclic amines) is 1. The highest BCUT2D eigenvalue weighted by Crippen LogP contribution is 2.32. The van der Waals surface area contributed by atoms with Gasteiger partial charge in [-0.3, -0.25) is 14.3 Å². The summed E-state index contributed by atoms with van der Waals surface area (Å²) < 4.78 is 2.07. The van der Waals surface area contributed by atoms with E-state index < -0.39 is 0 Å². The first-order valence-corrected chi connectivity index (χ1v) is 11.5. The molecule has 0 bridgehead atoms. The van der Waals surface area contributed by atoms with Gasteiger partial charge in [0.1, 0.15) is 0 Å². The van der Waals surface area contributed by atoms with Crippen LogP contribution in [0.2, 0.25) is 0 Å². The Hall–Kier alpha value is -2.67. The minimum absolute atomic E-state index is 0.175. The number of piperidine rings is 1. The molecule has 0 aliphatic carbocycles. The molecule has 1 aliphatic heterocycles. The third kappa shape index (κ3) is 4.41. The van der Waals surface area contributed by atoms with Crippen molar-refractivity contribution in [1.29, 1.82) is 0 Å². The van der Waals surface area contributed by atoms with Crippen LogP contribution >= 0.6 is 11.8 Å². The van der Waals surface area contributed by atoms with Crippen molar-refractivity contribution in [3.63, 3.8) is 0 Å². The SMILES string of the molecule is CC(C)c1ccccc1-n1c(SCC(=O)N2CCCCC2)nnc1-c1cccnc1. The van der Waals surface area contributed by atoms with Crippen LogP contribution in [0.3, 0.4) is 0 Å². The van der Waals surface area contributed by atoms with Gasteiger partial charge in [0.25, 0.3) is 0 Å². The maximum absolute atomic E-state index is 12.7. The smallest absolute Gasteiger partial charge is 0.233 e. The Kier molecular flexibility index (Phi) is 6.47. The number of para-hydroxylation sites is 1. The summed E-state index contributed by atoms with van der Waals surface area (Å²) in [5, 5.41) is 9.67. The summed E-state index contributed by atoms with van der Waals surface area (Å²) in [6.07, 6.45) is 6.95. The molecule has 1 fully saturated rings. The highest BCUT2D eigenvalue weighted by molar-refractivity contribution is 7.99. The number of hydrogen-bond donors (Lipinski definition) is 0. The second kappa shape index (κ2) is 9.43. The molecule has 0 atom stereocenters. The van der Waals surface area contributed by atoms with Gasteiger partial charge in [0.05, 0.1) is 11.4 Å². The summed E-state index contributed by atoms with van der Waals surface area (Å²) in [6.45, 7) is 6.09. The van der Waals surface area contributed by atoms with Crippen LogP contribution in [-0.4, -0.2) is 49.4 Å². The predicted molar refractivity (Wildman–Crippen MR) is 120 cm³/mol. The Bertz CT molecular complexity index is 996. The van der Waals surface area contributed by atoms with Crippen LogP contribution in [0, 0.1) is 0 Å². The van der Waals surface area contributed by atoms with Gasteiger partial charge in [-0.1, -0.05) is 43.8 Å². The predicted octanol–water partition coefficient (Wildman–Crippen LogP) is 4.56. The highest BCUT2D eigenvalue weighted by Gasteiger charge is 2.22. The first kappa shape index (κ1) is 20.6. The van der Waals surface area contributed by atoms with Gasteiger partial charge in [0.2, 0.25) is 5.91 Å². The topological polar surface area (TPSA) is 63.9 Å².